The summed E-state index contributed by atoms with van der Waals surface area (Å²) in [5.74, 6) is 0. The molecule has 0 saturated heterocycles. The molecule has 0 spiro atoms. The molecule has 0 aromatic heterocycles. The van der Waals surface area contributed by atoms with Gasteiger partial charge in [-0.1, -0.05) is 13.0 Å². The predicted molar refractivity (Wildman–Crippen MR) is 83.2 cm³/mol. The lowest BCUT2D eigenvalue weighted by Gasteiger charge is -2.29. The molecule has 0 aliphatic carbocycles. The standard InChI is InChI=1S/C14H31NO4Si/c1-7-13(15)19-14(5,6)11-12-20(16-8-2,17-9-3)18-10-4/h11-13H,7-10,15H2,1-6H3. The second kappa shape index (κ2) is 9.65. The first-order valence-corrected chi connectivity index (χ1v) is 9.20. The maximum absolute atomic E-state index is 5.84. The van der Waals surface area contributed by atoms with Crippen LogP contribution < -0.4 is 5.73 Å². The van der Waals surface area contributed by atoms with E-state index < -0.39 is 14.4 Å². The van der Waals surface area contributed by atoms with Crippen LogP contribution in [0.2, 0.25) is 0 Å². The zero-order valence-electron chi connectivity index (χ0n) is 13.8. The molecule has 20 heavy (non-hydrogen) atoms. The van der Waals surface area contributed by atoms with Gasteiger partial charge in [-0.15, -0.1) is 0 Å². The lowest BCUT2D eigenvalue weighted by Crippen LogP contribution is -2.45. The fourth-order valence-electron chi connectivity index (χ4n) is 1.69. The third-order valence-corrected chi connectivity index (χ3v) is 5.23. The Labute approximate surface area is 124 Å². The maximum Gasteiger partial charge on any atom is 0.529 e. The van der Waals surface area contributed by atoms with Crippen molar-refractivity contribution in [3.05, 3.63) is 11.8 Å². The molecule has 0 aromatic rings. The molecular formula is C14H31NO4Si. The van der Waals surface area contributed by atoms with Gasteiger partial charge in [-0.2, -0.15) is 0 Å². The third-order valence-electron chi connectivity index (χ3n) is 2.58. The van der Waals surface area contributed by atoms with E-state index in [4.69, 9.17) is 23.7 Å². The summed E-state index contributed by atoms with van der Waals surface area (Å²) in [5, 5.41) is 0. The molecule has 1 atom stereocenters. The molecule has 0 aliphatic heterocycles. The molecule has 5 nitrogen and oxygen atoms in total. The molecule has 0 aromatic carbocycles. The van der Waals surface area contributed by atoms with Crippen LogP contribution in [0.5, 0.6) is 0 Å². The van der Waals surface area contributed by atoms with Gasteiger partial charge in [0.1, 0.15) is 6.23 Å². The molecule has 0 aliphatic rings. The van der Waals surface area contributed by atoms with E-state index in [1.165, 1.54) is 0 Å². The second-order valence-electron chi connectivity index (χ2n) is 4.90. The van der Waals surface area contributed by atoms with Gasteiger partial charge in [-0.05, 0) is 46.7 Å². The highest BCUT2D eigenvalue weighted by atomic mass is 28.4. The molecule has 1 unspecified atom stereocenters. The predicted octanol–water partition coefficient (Wildman–Crippen LogP) is 2.62. The van der Waals surface area contributed by atoms with Crippen molar-refractivity contribution in [3.63, 3.8) is 0 Å². The summed E-state index contributed by atoms with van der Waals surface area (Å²) in [4.78, 5) is 0. The van der Waals surface area contributed by atoms with Gasteiger partial charge >= 0.3 is 8.80 Å². The molecule has 6 heteroatoms. The minimum absolute atomic E-state index is 0.281. The summed E-state index contributed by atoms with van der Waals surface area (Å²) in [6.07, 6.45) is 2.41. The summed E-state index contributed by atoms with van der Waals surface area (Å²) in [6.45, 7) is 13.4. The van der Waals surface area contributed by atoms with Gasteiger partial charge in [0.25, 0.3) is 0 Å². The zero-order chi connectivity index (χ0) is 15.6. The highest BCUT2D eigenvalue weighted by molar-refractivity contribution is 6.66. The zero-order valence-corrected chi connectivity index (χ0v) is 14.8. The van der Waals surface area contributed by atoms with E-state index in [2.05, 4.69) is 0 Å². The van der Waals surface area contributed by atoms with Gasteiger partial charge in [-0.3, -0.25) is 0 Å². The van der Waals surface area contributed by atoms with Crippen molar-refractivity contribution in [2.45, 2.75) is 59.8 Å². The molecule has 120 valence electrons. The van der Waals surface area contributed by atoms with Gasteiger partial charge in [0.15, 0.2) is 0 Å². The molecular weight excluding hydrogens is 274 g/mol. The fourth-order valence-corrected chi connectivity index (χ4v) is 4.04. The Balaban J connectivity index is 4.96. The van der Waals surface area contributed by atoms with Crippen molar-refractivity contribution < 1.29 is 18.0 Å². The van der Waals surface area contributed by atoms with E-state index in [0.29, 0.717) is 19.8 Å². The second-order valence-corrected chi connectivity index (χ2v) is 7.31. The molecule has 0 amide bonds. The summed E-state index contributed by atoms with van der Waals surface area (Å²) in [7, 11) is -2.77. The number of rotatable bonds is 11. The van der Waals surface area contributed by atoms with Crippen molar-refractivity contribution in [1.29, 1.82) is 0 Å². The smallest absolute Gasteiger partial charge is 0.371 e. The lowest BCUT2D eigenvalue weighted by molar-refractivity contribution is -0.0396. The normalized spacial score (nSPS) is 14.9. The molecule has 0 bridgehead atoms. The quantitative estimate of drug-likeness (QED) is 0.469. The van der Waals surface area contributed by atoms with Gasteiger partial charge in [-0.25, -0.2) is 0 Å². The third kappa shape index (κ3) is 7.52. The Morgan fingerprint density at radius 3 is 1.80 bits per heavy atom. The van der Waals surface area contributed by atoms with Crippen LogP contribution in [-0.4, -0.2) is 40.5 Å². The van der Waals surface area contributed by atoms with Crippen molar-refractivity contribution in [2.24, 2.45) is 5.73 Å². The van der Waals surface area contributed by atoms with E-state index in [9.17, 15) is 0 Å². The van der Waals surface area contributed by atoms with Crippen LogP contribution in [0.15, 0.2) is 11.8 Å². The number of hydrogen-bond donors (Lipinski definition) is 1. The van der Waals surface area contributed by atoms with E-state index in [1.807, 2.05) is 53.3 Å². The minimum Gasteiger partial charge on any atom is -0.371 e. The van der Waals surface area contributed by atoms with Crippen LogP contribution in [0.3, 0.4) is 0 Å². The Kier molecular flexibility index (Phi) is 9.53. The van der Waals surface area contributed by atoms with Crippen LogP contribution >= 0.6 is 0 Å². The topological polar surface area (TPSA) is 62.9 Å². The fraction of sp³-hybridized carbons (Fsp3) is 0.857. The highest BCUT2D eigenvalue weighted by Crippen LogP contribution is 2.18. The largest absolute Gasteiger partial charge is 0.529 e. The Hall–Kier alpha value is -0.243. The monoisotopic (exact) mass is 305 g/mol. The summed E-state index contributed by atoms with van der Waals surface area (Å²) in [5.41, 5.74) is 7.24. The Morgan fingerprint density at radius 2 is 1.45 bits per heavy atom. The van der Waals surface area contributed by atoms with Crippen LogP contribution in [0.25, 0.3) is 0 Å². The highest BCUT2D eigenvalue weighted by Gasteiger charge is 2.38. The first-order valence-electron chi connectivity index (χ1n) is 7.40. The summed E-state index contributed by atoms with van der Waals surface area (Å²) in [6, 6.07) is 0. The molecule has 0 radical (unpaired) electrons. The van der Waals surface area contributed by atoms with E-state index in [1.54, 1.807) is 0 Å². The van der Waals surface area contributed by atoms with Gasteiger partial charge in [0, 0.05) is 19.8 Å². The molecule has 0 fully saturated rings. The first-order chi connectivity index (χ1) is 9.34. The van der Waals surface area contributed by atoms with Crippen LogP contribution in [0.4, 0.5) is 0 Å². The van der Waals surface area contributed by atoms with Gasteiger partial charge < -0.3 is 23.7 Å². The first kappa shape index (κ1) is 19.8. The number of nitrogens with two attached hydrogens (primary N) is 1. The summed E-state index contributed by atoms with van der Waals surface area (Å²) < 4.78 is 23.0. The van der Waals surface area contributed by atoms with Gasteiger partial charge in [0.05, 0.1) is 5.60 Å². The van der Waals surface area contributed by atoms with Gasteiger partial charge in [0.2, 0.25) is 0 Å². The average Bonchev–Trinajstić information content (AvgIpc) is 2.37. The van der Waals surface area contributed by atoms with Crippen molar-refractivity contribution in [3.8, 4) is 0 Å². The minimum atomic E-state index is -2.77. The van der Waals surface area contributed by atoms with Crippen molar-refractivity contribution in [2.75, 3.05) is 19.8 Å². The van der Waals surface area contributed by atoms with Crippen molar-refractivity contribution in [1.82, 2.24) is 0 Å². The van der Waals surface area contributed by atoms with E-state index in [0.717, 1.165) is 6.42 Å². The molecule has 2 N–H and O–H groups in total. The van der Waals surface area contributed by atoms with E-state index >= 15 is 0 Å². The Morgan fingerprint density at radius 1 is 1.00 bits per heavy atom. The Bertz CT molecular complexity index is 267. The molecule has 0 saturated carbocycles. The van der Waals surface area contributed by atoms with Crippen LogP contribution in [0.1, 0.15) is 48.0 Å². The maximum atomic E-state index is 5.84. The van der Waals surface area contributed by atoms with Crippen LogP contribution in [-0.2, 0) is 18.0 Å². The molecule has 0 heterocycles. The number of hydrogen-bond acceptors (Lipinski definition) is 5. The average molecular weight is 305 g/mol. The van der Waals surface area contributed by atoms with Crippen LogP contribution in [0, 0.1) is 0 Å². The SMILES string of the molecule is CCO[Si](C=CC(C)(C)OC(N)CC)(OCC)OCC. The molecule has 0 rings (SSSR count). The lowest BCUT2D eigenvalue weighted by atomic mass is 10.1. The van der Waals surface area contributed by atoms with Crippen molar-refractivity contribution >= 4 is 8.80 Å². The summed E-state index contributed by atoms with van der Waals surface area (Å²) >= 11 is 0. The van der Waals surface area contributed by atoms with E-state index in [-0.39, 0.29) is 6.23 Å². The number of ether oxygens (including phenoxy) is 1.